The highest BCUT2D eigenvalue weighted by Gasteiger charge is 2.38. The van der Waals surface area contributed by atoms with E-state index in [0.717, 1.165) is 10.00 Å². The van der Waals surface area contributed by atoms with E-state index >= 15 is 0 Å². The SMILES string of the molecule is CC1=C(C(=O)N(C)S(=O)(=O)C(C)C)C(c2ccc(Cl)c(Cl)c2)n2nc(C)cc2N1. The van der Waals surface area contributed by atoms with Crippen molar-refractivity contribution in [1.82, 2.24) is 14.1 Å². The number of halogens is 2. The van der Waals surface area contributed by atoms with Gasteiger partial charge in [-0.25, -0.2) is 17.4 Å². The van der Waals surface area contributed by atoms with E-state index in [2.05, 4.69) is 10.4 Å². The number of allylic oxidation sites excluding steroid dienone is 1. The number of benzene rings is 1. The van der Waals surface area contributed by atoms with E-state index in [4.69, 9.17) is 23.2 Å². The van der Waals surface area contributed by atoms with Gasteiger partial charge in [0.2, 0.25) is 10.0 Å². The molecule has 1 aliphatic rings. The number of likely N-dealkylation sites (N-methyl/N-ethyl adjacent to an activating group) is 1. The highest BCUT2D eigenvalue weighted by molar-refractivity contribution is 7.90. The molecule has 0 aliphatic carbocycles. The lowest BCUT2D eigenvalue weighted by atomic mass is 9.95. The third-order valence-corrected chi connectivity index (χ3v) is 7.71. The fourth-order valence-electron chi connectivity index (χ4n) is 3.26. The second-order valence-corrected chi connectivity index (χ2v) is 10.6. The summed E-state index contributed by atoms with van der Waals surface area (Å²) in [7, 11) is -2.53. The summed E-state index contributed by atoms with van der Waals surface area (Å²) in [5, 5.41) is 7.64. The molecular weight excluding hydrogens is 435 g/mol. The van der Waals surface area contributed by atoms with Crippen molar-refractivity contribution in [2.75, 3.05) is 12.4 Å². The van der Waals surface area contributed by atoms with Gasteiger partial charge in [-0.3, -0.25) is 4.79 Å². The molecule has 1 unspecified atom stereocenters. The van der Waals surface area contributed by atoms with Crippen molar-refractivity contribution in [2.45, 2.75) is 39.0 Å². The number of aromatic nitrogens is 2. The monoisotopic (exact) mass is 456 g/mol. The first-order chi connectivity index (χ1) is 13.4. The van der Waals surface area contributed by atoms with Crippen molar-refractivity contribution < 1.29 is 13.2 Å². The summed E-state index contributed by atoms with van der Waals surface area (Å²) in [6.45, 7) is 6.64. The van der Waals surface area contributed by atoms with Crippen LogP contribution in [0.4, 0.5) is 5.82 Å². The number of amides is 1. The first-order valence-electron chi connectivity index (χ1n) is 8.96. The topological polar surface area (TPSA) is 84.3 Å². The highest BCUT2D eigenvalue weighted by atomic mass is 35.5. The average molecular weight is 457 g/mol. The maximum Gasteiger partial charge on any atom is 0.267 e. The molecule has 2 aromatic rings. The predicted octanol–water partition coefficient (Wildman–Crippen LogP) is 3.98. The predicted molar refractivity (Wildman–Crippen MR) is 115 cm³/mol. The Balaban J connectivity index is 2.19. The zero-order valence-electron chi connectivity index (χ0n) is 16.7. The summed E-state index contributed by atoms with van der Waals surface area (Å²) in [4.78, 5) is 13.4. The fourth-order valence-corrected chi connectivity index (χ4v) is 4.53. The summed E-state index contributed by atoms with van der Waals surface area (Å²) in [6.07, 6.45) is 0. The molecule has 1 N–H and O–H groups in total. The number of sulfonamides is 1. The van der Waals surface area contributed by atoms with Crippen molar-refractivity contribution in [2.24, 2.45) is 0 Å². The number of carbonyl (C=O) groups is 1. The second-order valence-electron chi connectivity index (χ2n) is 7.22. The molecule has 1 amide bonds. The van der Waals surface area contributed by atoms with Crippen LogP contribution >= 0.6 is 23.2 Å². The number of rotatable bonds is 4. The van der Waals surface area contributed by atoms with Crippen LogP contribution in [0.25, 0.3) is 0 Å². The molecule has 0 saturated heterocycles. The molecule has 3 rings (SSSR count). The zero-order chi connectivity index (χ0) is 21.7. The fraction of sp³-hybridized carbons (Fsp3) is 0.368. The lowest BCUT2D eigenvalue weighted by Gasteiger charge is -2.32. The molecule has 0 fully saturated rings. The van der Waals surface area contributed by atoms with E-state index in [9.17, 15) is 13.2 Å². The second kappa shape index (κ2) is 7.66. The lowest BCUT2D eigenvalue weighted by Crippen LogP contribution is -2.42. The number of fused-ring (bicyclic) bond motifs is 1. The van der Waals surface area contributed by atoms with Gasteiger partial charge in [0.15, 0.2) is 0 Å². The molecule has 0 radical (unpaired) electrons. The van der Waals surface area contributed by atoms with Gasteiger partial charge in [0.05, 0.1) is 26.6 Å². The first kappa shape index (κ1) is 21.7. The lowest BCUT2D eigenvalue weighted by molar-refractivity contribution is -0.122. The maximum atomic E-state index is 13.4. The number of aryl methyl sites for hydroxylation is 1. The third kappa shape index (κ3) is 3.76. The minimum atomic E-state index is -3.80. The quantitative estimate of drug-likeness (QED) is 0.751. The van der Waals surface area contributed by atoms with Crippen LogP contribution in [0, 0.1) is 6.92 Å². The Bertz CT molecular complexity index is 1120. The molecule has 29 heavy (non-hydrogen) atoms. The normalized spacial score (nSPS) is 16.6. The molecule has 156 valence electrons. The van der Waals surface area contributed by atoms with Gasteiger partial charge < -0.3 is 5.32 Å². The number of carbonyl (C=O) groups excluding carboxylic acids is 1. The molecule has 2 heterocycles. The molecule has 1 atom stereocenters. The Kier molecular flexibility index (Phi) is 5.73. The highest BCUT2D eigenvalue weighted by Crippen LogP contribution is 2.39. The number of nitrogens with zero attached hydrogens (tertiary/aromatic N) is 3. The molecule has 1 aromatic heterocycles. The largest absolute Gasteiger partial charge is 0.344 e. The Hall–Kier alpha value is -2.03. The van der Waals surface area contributed by atoms with E-state index in [0.29, 0.717) is 27.1 Å². The molecule has 0 bridgehead atoms. The van der Waals surface area contributed by atoms with E-state index in [-0.39, 0.29) is 5.57 Å². The molecule has 0 spiro atoms. The van der Waals surface area contributed by atoms with Gasteiger partial charge in [0.1, 0.15) is 11.9 Å². The Morgan fingerprint density at radius 1 is 1.21 bits per heavy atom. The molecule has 0 saturated carbocycles. The van der Waals surface area contributed by atoms with E-state index in [1.165, 1.54) is 20.9 Å². The van der Waals surface area contributed by atoms with Gasteiger partial charge in [0.25, 0.3) is 5.91 Å². The summed E-state index contributed by atoms with van der Waals surface area (Å²) in [6, 6.07) is 6.25. The van der Waals surface area contributed by atoms with E-state index < -0.39 is 27.2 Å². The van der Waals surface area contributed by atoms with Gasteiger partial charge in [0, 0.05) is 18.8 Å². The number of anilines is 1. The molecule has 10 heteroatoms. The van der Waals surface area contributed by atoms with Crippen LogP contribution in [0.1, 0.15) is 38.1 Å². The minimum absolute atomic E-state index is 0.269. The van der Waals surface area contributed by atoms with Gasteiger partial charge in [-0.15, -0.1) is 0 Å². The Morgan fingerprint density at radius 2 is 1.86 bits per heavy atom. The zero-order valence-corrected chi connectivity index (χ0v) is 19.0. The van der Waals surface area contributed by atoms with Crippen molar-refractivity contribution in [3.63, 3.8) is 0 Å². The average Bonchev–Trinajstić information content (AvgIpc) is 3.01. The summed E-state index contributed by atoms with van der Waals surface area (Å²) in [5.41, 5.74) is 2.24. The van der Waals surface area contributed by atoms with Crippen LogP contribution in [0.15, 0.2) is 35.5 Å². The van der Waals surface area contributed by atoms with Crippen LogP contribution in [-0.4, -0.2) is 40.7 Å². The van der Waals surface area contributed by atoms with Crippen LogP contribution in [0.2, 0.25) is 10.0 Å². The van der Waals surface area contributed by atoms with Crippen LogP contribution in [0.3, 0.4) is 0 Å². The summed E-state index contributed by atoms with van der Waals surface area (Å²) < 4.78 is 27.7. The molecule has 7 nitrogen and oxygen atoms in total. The Morgan fingerprint density at radius 3 is 2.45 bits per heavy atom. The molecule has 1 aliphatic heterocycles. The number of nitrogens with one attached hydrogen (secondary N) is 1. The smallest absolute Gasteiger partial charge is 0.267 e. The van der Waals surface area contributed by atoms with Crippen LogP contribution in [-0.2, 0) is 14.8 Å². The van der Waals surface area contributed by atoms with Gasteiger partial charge >= 0.3 is 0 Å². The van der Waals surface area contributed by atoms with Crippen molar-refractivity contribution >= 4 is 45.0 Å². The van der Waals surface area contributed by atoms with Crippen molar-refractivity contribution in [3.8, 4) is 0 Å². The van der Waals surface area contributed by atoms with Crippen molar-refractivity contribution in [1.29, 1.82) is 0 Å². The van der Waals surface area contributed by atoms with Crippen molar-refractivity contribution in [3.05, 3.63) is 56.8 Å². The summed E-state index contributed by atoms with van der Waals surface area (Å²) in [5.74, 6) is 0.0700. The van der Waals surface area contributed by atoms with E-state index in [1.54, 1.807) is 29.8 Å². The standard InChI is InChI=1S/C19H22Cl2N4O3S/c1-10(2)29(27,28)24(5)19(26)17-12(4)22-16-8-11(3)23-25(16)18(17)13-6-7-14(20)15(21)9-13/h6-10,18,22H,1-5H3. The van der Waals surface area contributed by atoms with Gasteiger partial charge in [-0.05, 0) is 45.4 Å². The van der Waals surface area contributed by atoms with Crippen LogP contribution < -0.4 is 5.32 Å². The number of hydrogen-bond acceptors (Lipinski definition) is 5. The summed E-state index contributed by atoms with van der Waals surface area (Å²) >= 11 is 12.3. The van der Waals surface area contributed by atoms with Gasteiger partial charge in [-0.2, -0.15) is 5.10 Å². The third-order valence-electron chi connectivity index (χ3n) is 4.85. The maximum absolute atomic E-state index is 13.4. The van der Waals surface area contributed by atoms with Gasteiger partial charge in [-0.1, -0.05) is 29.3 Å². The Labute approximate surface area is 180 Å². The molecular formula is C19H22Cl2N4O3S. The minimum Gasteiger partial charge on any atom is -0.344 e. The number of hydrogen-bond donors (Lipinski definition) is 1. The first-order valence-corrected chi connectivity index (χ1v) is 11.2. The van der Waals surface area contributed by atoms with E-state index in [1.807, 2.05) is 13.0 Å². The molecule has 1 aromatic carbocycles. The van der Waals surface area contributed by atoms with Crippen LogP contribution in [0.5, 0.6) is 0 Å².